The summed E-state index contributed by atoms with van der Waals surface area (Å²) in [5.41, 5.74) is 0. The predicted molar refractivity (Wildman–Crippen MR) is 65.0 cm³/mol. The van der Waals surface area contributed by atoms with Gasteiger partial charge < -0.3 is 5.32 Å². The molecule has 0 aromatic carbocycles. The highest BCUT2D eigenvalue weighted by atomic mass is 16.1. The monoisotopic (exact) mass is 219 g/mol. The van der Waals surface area contributed by atoms with Gasteiger partial charge in [-0.05, 0) is 38.5 Å². The highest BCUT2D eigenvalue weighted by Crippen LogP contribution is 2.32. The van der Waals surface area contributed by atoms with Gasteiger partial charge in [0.15, 0.2) is 0 Å². The first-order chi connectivity index (χ1) is 7.78. The van der Waals surface area contributed by atoms with Crippen LogP contribution < -0.4 is 5.32 Å². The van der Waals surface area contributed by atoms with Gasteiger partial charge in [-0.2, -0.15) is 0 Å². The van der Waals surface area contributed by atoms with E-state index in [-0.39, 0.29) is 0 Å². The van der Waals surface area contributed by atoms with Gasteiger partial charge in [0, 0.05) is 31.3 Å². The van der Waals surface area contributed by atoms with Crippen LogP contribution in [0.15, 0.2) is 0 Å². The van der Waals surface area contributed by atoms with Crippen molar-refractivity contribution in [2.45, 2.75) is 64.0 Å². The first kappa shape index (κ1) is 11.7. The Balaban J connectivity index is 1.72. The molecular weight excluding hydrogens is 198 g/mol. The number of carbonyl (C=O) groups excluding carboxylic acids is 1. The van der Waals surface area contributed by atoms with Crippen LogP contribution in [0.5, 0.6) is 0 Å². The number of hydrogen-bond acceptors (Lipinski definition) is 2. The zero-order valence-electron chi connectivity index (χ0n) is 10.1. The molecular formula is C14H21NO. The predicted octanol–water partition coefficient (Wildman–Crippen LogP) is 2.28. The Morgan fingerprint density at radius 3 is 2.62 bits per heavy atom. The van der Waals surface area contributed by atoms with Crippen LogP contribution in [0.4, 0.5) is 0 Å². The lowest BCUT2D eigenvalue weighted by Crippen LogP contribution is -2.38. The lowest BCUT2D eigenvalue weighted by molar-refractivity contribution is -0.120. The fourth-order valence-electron chi connectivity index (χ4n) is 3.09. The Hall–Kier alpha value is -0.810. The summed E-state index contributed by atoms with van der Waals surface area (Å²) in [4.78, 5) is 11.7. The maximum Gasteiger partial charge on any atom is 0.134 e. The van der Waals surface area contributed by atoms with Crippen molar-refractivity contribution >= 4 is 5.78 Å². The van der Waals surface area contributed by atoms with E-state index >= 15 is 0 Å². The van der Waals surface area contributed by atoms with Crippen molar-refractivity contribution in [3.05, 3.63) is 0 Å². The third-order valence-electron chi connectivity index (χ3n) is 3.79. The van der Waals surface area contributed by atoms with E-state index in [0.717, 1.165) is 12.8 Å². The summed E-state index contributed by atoms with van der Waals surface area (Å²) < 4.78 is 0. The van der Waals surface area contributed by atoms with Crippen LogP contribution in [0.25, 0.3) is 0 Å². The molecule has 2 saturated heterocycles. The van der Waals surface area contributed by atoms with E-state index in [2.05, 4.69) is 17.2 Å². The fourth-order valence-corrected chi connectivity index (χ4v) is 3.09. The standard InChI is InChI=1S/C14H21NO/c1-2-3-4-5-14(16)10-11-8-12-6-7-13(9-11)15-12/h11-13,15H,4-10H2,1H3. The quantitative estimate of drug-likeness (QED) is 0.735. The van der Waals surface area contributed by atoms with Gasteiger partial charge in [0.1, 0.15) is 5.78 Å². The molecule has 2 heterocycles. The summed E-state index contributed by atoms with van der Waals surface area (Å²) in [5, 5.41) is 3.61. The first-order valence-electron chi connectivity index (χ1n) is 6.45. The van der Waals surface area contributed by atoms with Crippen molar-refractivity contribution in [2.24, 2.45) is 5.92 Å². The van der Waals surface area contributed by atoms with Crippen molar-refractivity contribution in [1.29, 1.82) is 0 Å². The number of nitrogens with one attached hydrogen (secondary N) is 1. The number of fused-ring (bicyclic) bond motifs is 2. The van der Waals surface area contributed by atoms with E-state index in [1.165, 1.54) is 25.7 Å². The molecule has 2 aliphatic rings. The summed E-state index contributed by atoms with van der Waals surface area (Å²) in [5.74, 6) is 6.85. The average Bonchev–Trinajstić information content (AvgIpc) is 2.58. The lowest BCUT2D eigenvalue weighted by atomic mass is 9.87. The van der Waals surface area contributed by atoms with E-state index < -0.39 is 0 Å². The summed E-state index contributed by atoms with van der Waals surface area (Å²) in [6, 6.07) is 1.40. The molecule has 2 unspecified atom stereocenters. The number of Topliss-reactive ketones (excluding diaryl/α,β-unsaturated/α-hetero) is 1. The smallest absolute Gasteiger partial charge is 0.134 e. The number of piperidine rings is 1. The Labute approximate surface area is 98.2 Å². The van der Waals surface area contributed by atoms with Crippen LogP contribution in [-0.4, -0.2) is 17.9 Å². The Kier molecular flexibility index (Phi) is 4.01. The molecule has 16 heavy (non-hydrogen) atoms. The summed E-state index contributed by atoms with van der Waals surface area (Å²) in [6.45, 7) is 1.83. The number of carbonyl (C=O) groups is 1. The Morgan fingerprint density at radius 1 is 1.31 bits per heavy atom. The molecule has 2 heteroatoms. The maximum absolute atomic E-state index is 11.7. The summed E-state index contributed by atoms with van der Waals surface area (Å²) >= 11 is 0. The molecule has 2 rings (SSSR count). The molecule has 0 amide bonds. The topological polar surface area (TPSA) is 29.1 Å². The normalized spacial score (nSPS) is 31.9. The molecule has 2 bridgehead atoms. The second-order valence-electron chi connectivity index (χ2n) is 5.14. The van der Waals surface area contributed by atoms with Gasteiger partial charge in [0.05, 0.1) is 0 Å². The second-order valence-corrected chi connectivity index (χ2v) is 5.14. The van der Waals surface area contributed by atoms with E-state index in [0.29, 0.717) is 30.2 Å². The zero-order chi connectivity index (χ0) is 11.4. The van der Waals surface area contributed by atoms with Crippen LogP contribution in [0.3, 0.4) is 0 Å². The Morgan fingerprint density at radius 2 is 2.00 bits per heavy atom. The third-order valence-corrected chi connectivity index (χ3v) is 3.79. The molecule has 2 aliphatic heterocycles. The molecule has 0 saturated carbocycles. The minimum Gasteiger partial charge on any atom is -0.311 e. The molecule has 2 atom stereocenters. The highest BCUT2D eigenvalue weighted by Gasteiger charge is 2.33. The molecule has 88 valence electrons. The van der Waals surface area contributed by atoms with Gasteiger partial charge >= 0.3 is 0 Å². The molecule has 2 fully saturated rings. The molecule has 0 spiro atoms. The largest absolute Gasteiger partial charge is 0.311 e. The van der Waals surface area contributed by atoms with Gasteiger partial charge in [0.25, 0.3) is 0 Å². The molecule has 0 aliphatic carbocycles. The minimum atomic E-state index is 0.411. The first-order valence-corrected chi connectivity index (χ1v) is 6.45. The van der Waals surface area contributed by atoms with Crippen molar-refractivity contribution in [1.82, 2.24) is 5.32 Å². The van der Waals surface area contributed by atoms with Crippen molar-refractivity contribution < 1.29 is 4.79 Å². The van der Waals surface area contributed by atoms with E-state index in [1.807, 2.05) is 6.92 Å². The number of hydrogen-bond donors (Lipinski definition) is 1. The van der Waals surface area contributed by atoms with Crippen molar-refractivity contribution in [3.8, 4) is 11.8 Å². The third kappa shape index (κ3) is 3.09. The number of rotatable bonds is 4. The van der Waals surface area contributed by atoms with Crippen LogP contribution in [0, 0.1) is 17.8 Å². The van der Waals surface area contributed by atoms with Crippen LogP contribution in [-0.2, 0) is 4.79 Å². The molecule has 0 aromatic heterocycles. The highest BCUT2D eigenvalue weighted by molar-refractivity contribution is 5.78. The molecule has 2 nitrogen and oxygen atoms in total. The molecule has 0 aromatic rings. The van der Waals surface area contributed by atoms with Crippen molar-refractivity contribution in [2.75, 3.05) is 0 Å². The van der Waals surface area contributed by atoms with Crippen LogP contribution in [0.1, 0.15) is 51.9 Å². The average molecular weight is 219 g/mol. The van der Waals surface area contributed by atoms with Gasteiger partial charge in [-0.25, -0.2) is 0 Å². The SMILES string of the molecule is CC#CCCC(=O)CC1CC2CCC(C1)N2. The van der Waals surface area contributed by atoms with Gasteiger partial charge in [-0.3, -0.25) is 4.79 Å². The van der Waals surface area contributed by atoms with Gasteiger partial charge in [0.2, 0.25) is 0 Å². The maximum atomic E-state index is 11.7. The van der Waals surface area contributed by atoms with E-state index in [4.69, 9.17) is 0 Å². The number of ketones is 1. The van der Waals surface area contributed by atoms with E-state index in [9.17, 15) is 4.79 Å². The fraction of sp³-hybridized carbons (Fsp3) is 0.786. The van der Waals surface area contributed by atoms with E-state index in [1.54, 1.807) is 0 Å². The van der Waals surface area contributed by atoms with Crippen LogP contribution in [0.2, 0.25) is 0 Å². The van der Waals surface area contributed by atoms with Crippen molar-refractivity contribution in [3.63, 3.8) is 0 Å². The zero-order valence-corrected chi connectivity index (χ0v) is 10.1. The summed E-state index contributed by atoms with van der Waals surface area (Å²) in [7, 11) is 0. The van der Waals surface area contributed by atoms with Gasteiger partial charge in [-0.15, -0.1) is 11.8 Å². The Bertz CT molecular complexity index is 300. The minimum absolute atomic E-state index is 0.411. The lowest BCUT2D eigenvalue weighted by Gasteiger charge is -2.28. The molecule has 0 radical (unpaired) electrons. The molecule has 1 N–H and O–H groups in total. The van der Waals surface area contributed by atoms with Gasteiger partial charge in [-0.1, -0.05) is 0 Å². The second kappa shape index (κ2) is 5.50. The summed E-state index contributed by atoms with van der Waals surface area (Å²) in [6.07, 6.45) is 7.24. The van der Waals surface area contributed by atoms with Crippen LogP contribution >= 0.6 is 0 Å².